The predicted molar refractivity (Wildman–Crippen MR) is 82.4 cm³/mol. The van der Waals surface area contributed by atoms with Crippen LogP contribution in [0.1, 0.15) is 36.1 Å². The molecule has 19 heavy (non-hydrogen) atoms. The van der Waals surface area contributed by atoms with Gasteiger partial charge in [0.2, 0.25) is 0 Å². The highest BCUT2D eigenvalue weighted by Gasteiger charge is 2.03. The maximum absolute atomic E-state index is 3.59. The molecule has 0 bridgehead atoms. The van der Waals surface area contributed by atoms with Gasteiger partial charge in [0.05, 0.1) is 0 Å². The van der Waals surface area contributed by atoms with Gasteiger partial charge >= 0.3 is 0 Å². The van der Waals surface area contributed by atoms with Crippen LogP contribution >= 0.6 is 0 Å². The normalized spacial score (nSPS) is 12.3. The smallest absolute Gasteiger partial charge is 0.0291 e. The molecule has 0 fully saturated rings. The van der Waals surface area contributed by atoms with E-state index >= 15 is 0 Å². The van der Waals surface area contributed by atoms with Crippen molar-refractivity contribution < 1.29 is 0 Å². The van der Waals surface area contributed by atoms with Gasteiger partial charge in [-0.2, -0.15) is 0 Å². The highest BCUT2D eigenvalue weighted by molar-refractivity contribution is 5.23. The van der Waals surface area contributed by atoms with E-state index in [1.54, 1.807) is 0 Å². The first kappa shape index (κ1) is 13.8. The third kappa shape index (κ3) is 4.53. The van der Waals surface area contributed by atoms with E-state index < -0.39 is 0 Å². The Kier molecular flexibility index (Phi) is 5.17. The second kappa shape index (κ2) is 7.10. The molecule has 2 aromatic carbocycles. The fourth-order valence-electron chi connectivity index (χ4n) is 2.23. The van der Waals surface area contributed by atoms with Crippen LogP contribution in [0.3, 0.4) is 0 Å². The monoisotopic (exact) mass is 253 g/mol. The molecular formula is C18H23N. The van der Waals surface area contributed by atoms with Gasteiger partial charge in [-0.1, -0.05) is 60.2 Å². The van der Waals surface area contributed by atoms with E-state index in [1.165, 1.54) is 23.1 Å². The lowest BCUT2D eigenvalue weighted by molar-refractivity contribution is 0.558. The summed E-state index contributed by atoms with van der Waals surface area (Å²) in [5.74, 6) is 0. The van der Waals surface area contributed by atoms with Crippen LogP contribution in [0.4, 0.5) is 0 Å². The number of rotatable bonds is 6. The van der Waals surface area contributed by atoms with Crippen LogP contribution in [0.5, 0.6) is 0 Å². The molecule has 0 aliphatic rings. The number of hydrogen-bond acceptors (Lipinski definition) is 1. The summed E-state index contributed by atoms with van der Waals surface area (Å²) in [7, 11) is 0. The first-order chi connectivity index (χ1) is 9.25. The quantitative estimate of drug-likeness (QED) is 0.758. The lowest BCUT2D eigenvalue weighted by Crippen LogP contribution is -2.20. The molecule has 2 aromatic rings. The van der Waals surface area contributed by atoms with Crippen molar-refractivity contribution in [1.82, 2.24) is 5.32 Å². The van der Waals surface area contributed by atoms with Crippen LogP contribution in [0.15, 0.2) is 54.6 Å². The minimum absolute atomic E-state index is 0.427. The molecule has 100 valence electrons. The average Bonchev–Trinajstić information content (AvgIpc) is 2.45. The van der Waals surface area contributed by atoms with Crippen molar-refractivity contribution in [2.45, 2.75) is 32.7 Å². The second-order valence-corrected chi connectivity index (χ2v) is 5.18. The van der Waals surface area contributed by atoms with Gasteiger partial charge in [0.1, 0.15) is 0 Å². The van der Waals surface area contributed by atoms with Crippen molar-refractivity contribution in [3.8, 4) is 0 Å². The minimum atomic E-state index is 0.427. The van der Waals surface area contributed by atoms with Gasteiger partial charge in [0.25, 0.3) is 0 Å². The van der Waals surface area contributed by atoms with Crippen molar-refractivity contribution in [2.75, 3.05) is 6.54 Å². The van der Waals surface area contributed by atoms with Crippen molar-refractivity contribution in [3.05, 3.63) is 71.3 Å². The average molecular weight is 253 g/mol. The summed E-state index contributed by atoms with van der Waals surface area (Å²) in [5.41, 5.74) is 4.11. The Morgan fingerprint density at radius 3 is 2.32 bits per heavy atom. The van der Waals surface area contributed by atoms with Gasteiger partial charge in [0.15, 0.2) is 0 Å². The molecule has 1 atom stereocenters. The van der Waals surface area contributed by atoms with Crippen LogP contribution in [0, 0.1) is 6.92 Å². The first-order valence-electron chi connectivity index (χ1n) is 7.09. The molecule has 1 N–H and O–H groups in total. The van der Waals surface area contributed by atoms with Gasteiger partial charge in [-0.25, -0.2) is 0 Å². The van der Waals surface area contributed by atoms with E-state index in [2.05, 4.69) is 73.8 Å². The topological polar surface area (TPSA) is 12.0 Å². The lowest BCUT2D eigenvalue weighted by Gasteiger charge is -2.14. The van der Waals surface area contributed by atoms with E-state index in [0.717, 1.165) is 13.0 Å². The highest BCUT2D eigenvalue weighted by Crippen LogP contribution is 2.13. The largest absolute Gasteiger partial charge is 0.310 e. The molecule has 0 aliphatic carbocycles. The van der Waals surface area contributed by atoms with Crippen LogP contribution in [-0.2, 0) is 6.42 Å². The number of nitrogens with one attached hydrogen (secondary N) is 1. The maximum atomic E-state index is 3.59. The molecule has 0 radical (unpaired) electrons. The lowest BCUT2D eigenvalue weighted by atomic mass is 10.1. The molecule has 0 aromatic heterocycles. The summed E-state index contributed by atoms with van der Waals surface area (Å²) in [5, 5.41) is 3.59. The van der Waals surface area contributed by atoms with E-state index in [0.29, 0.717) is 6.04 Å². The van der Waals surface area contributed by atoms with Crippen molar-refractivity contribution >= 4 is 0 Å². The fourth-order valence-corrected chi connectivity index (χ4v) is 2.23. The summed E-state index contributed by atoms with van der Waals surface area (Å²) in [6, 6.07) is 19.9. The van der Waals surface area contributed by atoms with Crippen molar-refractivity contribution in [1.29, 1.82) is 0 Å². The van der Waals surface area contributed by atoms with Gasteiger partial charge in [-0.3, -0.25) is 0 Å². The summed E-state index contributed by atoms with van der Waals surface area (Å²) >= 11 is 0. The Hall–Kier alpha value is -1.60. The molecule has 0 saturated carbocycles. The third-order valence-corrected chi connectivity index (χ3v) is 3.51. The minimum Gasteiger partial charge on any atom is -0.310 e. The van der Waals surface area contributed by atoms with Gasteiger partial charge in [-0.05, 0) is 44.4 Å². The first-order valence-corrected chi connectivity index (χ1v) is 7.09. The molecule has 0 spiro atoms. The molecule has 0 heterocycles. The van der Waals surface area contributed by atoms with Gasteiger partial charge in [-0.15, -0.1) is 0 Å². The number of aryl methyl sites for hydroxylation is 2. The summed E-state index contributed by atoms with van der Waals surface area (Å²) < 4.78 is 0. The summed E-state index contributed by atoms with van der Waals surface area (Å²) in [6.07, 6.45) is 2.33. The highest BCUT2D eigenvalue weighted by atomic mass is 14.9. The van der Waals surface area contributed by atoms with E-state index in [-0.39, 0.29) is 0 Å². The molecule has 1 heteroatoms. The Morgan fingerprint density at radius 2 is 1.63 bits per heavy atom. The zero-order valence-corrected chi connectivity index (χ0v) is 11.9. The SMILES string of the molecule is Cc1ccc([C@H](C)NCCCc2ccccc2)cc1. The standard InChI is InChI=1S/C18H23N/c1-15-10-12-18(13-11-15)16(2)19-14-6-9-17-7-4-3-5-8-17/h3-5,7-8,10-13,16,19H,6,9,14H2,1-2H3/t16-/m0/s1. The van der Waals surface area contributed by atoms with E-state index in [1.807, 2.05) is 0 Å². The van der Waals surface area contributed by atoms with Gasteiger partial charge in [0, 0.05) is 6.04 Å². The molecular weight excluding hydrogens is 230 g/mol. The molecule has 0 unspecified atom stereocenters. The second-order valence-electron chi connectivity index (χ2n) is 5.18. The maximum Gasteiger partial charge on any atom is 0.0291 e. The Balaban J connectivity index is 1.72. The Morgan fingerprint density at radius 1 is 0.947 bits per heavy atom. The van der Waals surface area contributed by atoms with E-state index in [9.17, 15) is 0 Å². The van der Waals surface area contributed by atoms with E-state index in [4.69, 9.17) is 0 Å². The Labute approximate surface area is 116 Å². The zero-order valence-electron chi connectivity index (χ0n) is 11.9. The third-order valence-electron chi connectivity index (χ3n) is 3.51. The summed E-state index contributed by atoms with van der Waals surface area (Å²) in [6.45, 7) is 5.42. The van der Waals surface area contributed by atoms with Crippen LogP contribution in [-0.4, -0.2) is 6.54 Å². The summed E-state index contributed by atoms with van der Waals surface area (Å²) in [4.78, 5) is 0. The molecule has 0 saturated heterocycles. The zero-order chi connectivity index (χ0) is 13.5. The fraction of sp³-hybridized carbons (Fsp3) is 0.333. The molecule has 0 aliphatic heterocycles. The van der Waals surface area contributed by atoms with Crippen LogP contribution in [0.25, 0.3) is 0 Å². The van der Waals surface area contributed by atoms with Crippen LogP contribution in [0.2, 0.25) is 0 Å². The molecule has 1 nitrogen and oxygen atoms in total. The predicted octanol–water partition coefficient (Wildman–Crippen LogP) is 4.28. The number of benzene rings is 2. The Bertz CT molecular complexity index is 473. The van der Waals surface area contributed by atoms with Crippen molar-refractivity contribution in [2.24, 2.45) is 0 Å². The molecule has 0 amide bonds. The van der Waals surface area contributed by atoms with Crippen molar-refractivity contribution in [3.63, 3.8) is 0 Å². The van der Waals surface area contributed by atoms with Gasteiger partial charge < -0.3 is 5.32 Å². The number of hydrogen-bond donors (Lipinski definition) is 1. The van der Waals surface area contributed by atoms with Crippen LogP contribution < -0.4 is 5.32 Å². The molecule has 2 rings (SSSR count).